The number of benzene rings is 3. The third-order valence-electron chi connectivity index (χ3n) is 6.27. The van der Waals surface area contributed by atoms with E-state index in [2.05, 4.69) is 21.6 Å². The van der Waals surface area contributed by atoms with Crippen LogP contribution in [-0.2, 0) is 0 Å². The Labute approximate surface area is 213 Å². The quantitative estimate of drug-likeness (QED) is 0.375. The largest absolute Gasteiger partial charge is 0.486 e. The van der Waals surface area contributed by atoms with Gasteiger partial charge in [0.15, 0.2) is 11.5 Å². The van der Waals surface area contributed by atoms with E-state index in [1.807, 2.05) is 68.4 Å². The van der Waals surface area contributed by atoms with Crippen molar-refractivity contribution in [3.8, 4) is 11.5 Å². The van der Waals surface area contributed by atoms with Gasteiger partial charge in [-0.3, -0.25) is 0 Å². The van der Waals surface area contributed by atoms with Gasteiger partial charge in [-0.25, -0.2) is 4.79 Å². The van der Waals surface area contributed by atoms with Crippen molar-refractivity contribution in [2.45, 2.75) is 38.0 Å². The van der Waals surface area contributed by atoms with Crippen LogP contribution < -0.4 is 20.1 Å². The van der Waals surface area contributed by atoms with E-state index in [-0.39, 0.29) is 17.3 Å². The topological polar surface area (TPSA) is 62.8 Å². The maximum Gasteiger partial charge on any atom is 0.319 e. The van der Waals surface area contributed by atoms with Crippen molar-refractivity contribution in [2.24, 2.45) is 0 Å². The van der Waals surface area contributed by atoms with Crippen LogP contribution in [0.25, 0.3) is 10.8 Å². The first kappa shape index (κ1) is 25.2. The standard InChI is InChI=1S/C26H29N3O3S.C2H6/c30-26(27-21-9-7-18-5-1-2-6-19(18)15-21)28-22(17-29-11-3-4-12-29)25(33)20-8-10-23-24(16-20)32-14-13-31-23;1-2/h1-2,5-10,15-16,22,25,33H,3-4,11-14,17H2,(H2,27,28,30);1-2H3. The van der Waals surface area contributed by atoms with Crippen molar-refractivity contribution in [3.63, 3.8) is 0 Å². The van der Waals surface area contributed by atoms with Gasteiger partial charge >= 0.3 is 6.03 Å². The first-order valence-corrected chi connectivity index (χ1v) is 13.0. The number of carbonyl (C=O) groups excluding carboxylic acids is 1. The molecular formula is C28H35N3O3S. The summed E-state index contributed by atoms with van der Waals surface area (Å²) in [4.78, 5) is 15.4. The lowest BCUT2D eigenvalue weighted by Gasteiger charge is -2.30. The molecule has 2 N–H and O–H groups in total. The van der Waals surface area contributed by atoms with Gasteiger partial charge in [-0.2, -0.15) is 12.6 Å². The zero-order chi connectivity index (χ0) is 24.6. The van der Waals surface area contributed by atoms with E-state index in [4.69, 9.17) is 22.1 Å². The number of hydrogen-bond donors (Lipinski definition) is 3. The number of fused-ring (bicyclic) bond motifs is 2. The number of likely N-dealkylation sites (tertiary alicyclic amines) is 1. The van der Waals surface area contributed by atoms with E-state index in [0.717, 1.165) is 53.2 Å². The van der Waals surface area contributed by atoms with Gasteiger partial charge in [-0.15, -0.1) is 0 Å². The number of carbonyl (C=O) groups is 1. The molecule has 2 heterocycles. The smallest absolute Gasteiger partial charge is 0.319 e. The first-order chi connectivity index (χ1) is 17.2. The first-order valence-electron chi connectivity index (χ1n) is 12.5. The maximum absolute atomic E-state index is 13.0. The number of rotatable bonds is 6. The van der Waals surface area contributed by atoms with Crippen LogP contribution in [0.4, 0.5) is 10.5 Å². The summed E-state index contributed by atoms with van der Waals surface area (Å²) in [5, 5.41) is 8.22. The molecule has 2 aliphatic rings. The highest BCUT2D eigenvalue weighted by molar-refractivity contribution is 7.80. The van der Waals surface area contributed by atoms with Gasteiger partial charge in [0.2, 0.25) is 0 Å². The summed E-state index contributed by atoms with van der Waals surface area (Å²) in [6.45, 7) is 7.94. The molecule has 2 atom stereocenters. The molecule has 1 fully saturated rings. The molecule has 0 bridgehead atoms. The number of thiol groups is 1. The number of hydrogen-bond acceptors (Lipinski definition) is 5. The van der Waals surface area contributed by atoms with Crippen LogP contribution in [-0.4, -0.2) is 49.8 Å². The summed E-state index contributed by atoms with van der Waals surface area (Å²) in [6, 6.07) is 19.5. The summed E-state index contributed by atoms with van der Waals surface area (Å²) >= 11 is 4.94. The minimum Gasteiger partial charge on any atom is -0.486 e. The minimum atomic E-state index is -0.230. The van der Waals surface area contributed by atoms with Gasteiger partial charge in [0.25, 0.3) is 0 Å². The van der Waals surface area contributed by atoms with Crippen LogP contribution >= 0.6 is 12.6 Å². The minimum absolute atomic E-state index is 0.172. The average molecular weight is 494 g/mol. The van der Waals surface area contributed by atoms with E-state index in [0.29, 0.717) is 13.2 Å². The van der Waals surface area contributed by atoms with Crippen LogP contribution in [0.1, 0.15) is 37.5 Å². The number of urea groups is 1. The summed E-state index contributed by atoms with van der Waals surface area (Å²) < 4.78 is 11.4. The fraction of sp³-hybridized carbons (Fsp3) is 0.393. The van der Waals surface area contributed by atoms with E-state index in [9.17, 15) is 4.79 Å². The van der Waals surface area contributed by atoms with Crippen molar-refractivity contribution in [2.75, 3.05) is 38.2 Å². The Hall–Kier alpha value is -2.90. The third-order valence-corrected chi connectivity index (χ3v) is 6.92. The van der Waals surface area contributed by atoms with Crippen molar-refractivity contribution < 1.29 is 14.3 Å². The van der Waals surface area contributed by atoms with Gasteiger partial charge < -0.3 is 25.0 Å². The van der Waals surface area contributed by atoms with Crippen LogP contribution in [0.5, 0.6) is 11.5 Å². The fourth-order valence-electron chi connectivity index (χ4n) is 4.55. The van der Waals surface area contributed by atoms with E-state index < -0.39 is 0 Å². The molecule has 0 saturated carbocycles. The Bertz CT molecular complexity index is 1130. The summed E-state index contributed by atoms with van der Waals surface area (Å²) in [5.41, 5.74) is 1.76. The highest BCUT2D eigenvalue weighted by Crippen LogP contribution is 2.35. The molecule has 0 aliphatic carbocycles. The molecule has 1 saturated heterocycles. The Morgan fingerprint density at radius 2 is 1.66 bits per heavy atom. The second kappa shape index (κ2) is 12.2. The molecule has 7 heteroatoms. The second-order valence-electron chi connectivity index (χ2n) is 8.62. The molecule has 0 spiro atoms. The highest BCUT2D eigenvalue weighted by atomic mass is 32.1. The molecular weight excluding hydrogens is 458 g/mol. The van der Waals surface area contributed by atoms with Crippen molar-refractivity contribution in [3.05, 3.63) is 66.2 Å². The van der Waals surface area contributed by atoms with Crippen molar-refractivity contribution in [1.82, 2.24) is 10.2 Å². The molecule has 0 radical (unpaired) electrons. The summed E-state index contributed by atoms with van der Waals surface area (Å²) in [6.07, 6.45) is 2.38. The molecule has 3 aromatic rings. The molecule has 5 rings (SSSR count). The predicted octanol–water partition coefficient (Wildman–Crippen LogP) is 5.89. The number of ether oxygens (including phenoxy) is 2. The second-order valence-corrected chi connectivity index (χ2v) is 9.18. The number of nitrogens with one attached hydrogen (secondary N) is 2. The number of nitrogens with zero attached hydrogens (tertiary/aromatic N) is 1. The molecule has 3 aromatic carbocycles. The summed E-state index contributed by atoms with van der Waals surface area (Å²) in [7, 11) is 0. The van der Waals surface area contributed by atoms with Gasteiger partial charge in [-0.1, -0.05) is 50.2 Å². The summed E-state index contributed by atoms with van der Waals surface area (Å²) in [5.74, 6) is 1.49. The molecule has 0 aromatic heterocycles. The van der Waals surface area contributed by atoms with E-state index in [1.54, 1.807) is 0 Å². The van der Waals surface area contributed by atoms with Gasteiger partial charge in [0.1, 0.15) is 13.2 Å². The molecule has 6 nitrogen and oxygen atoms in total. The molecule has 35 heavy (non-hydrogen) atoms. The average Bonchev–Trinajstić information content (AvgIpc) is 3.42. The van der Waals surface area contributed by atoms with Crippen LogP contribution in [0.2, 0.25) is 0 Å². The van der Waals surface area contributed by atoms with E-state index >= 15 is 0 Å². The number of anilines is 1. The molecule has 186 valence electrons. The fourth-order valence-corrected chi connectivity index (χ4v) is 4.88. The van der Waals surface area contributed by atoms with Gasteiger partial charge in [-0.05, 0) is 66.5 Å². The monoisotopic (exact) mass is 493 g/mol. The lowest BCUT2D eigenvalue weighted by Crippen LogP contribution is -2.47. The van der Waals surface area contributed by atoms with Crippen LogP contribution in [0, 0.1) is 0 Å². The van der Waals surface area contributed by atoms with Crippen molar-refractivity contribution in [1.29, 1.82) is 0 Å². The maximum atomic E-state index is 13.0. The molecule has 2 aliphatic heterocycles. The Morgan fingerprint density at radius 1 is 0.943 bits per heavy atom. The normalized spacial score (nSPS) is 16.7. The van der Waals surface area contributed by atoms with Crippen molar-refractivity contribution >= 4 is 35.1 Å². The van der Waals surface area contributed by atoms with Gasteiger partial charge in [0.05, 0.1) is 6.04 Å². The Kier molecular flexibility index (Phi) is 8.77. The van der Waals surface area contributed by atoms with Gasteiger partial charge in [0, 0.05) is 17.5 Å². The lowest BCUT2D eigenvalue weighted by molar-refractivity contribution is 0.171. The van der Waals surface area contributed by atoms with E-state index in [1.165, 1.54) is 12.8 Å². The Morgan fingerprint density at radius 3 is 2.43 bits per heavy atom. The highest BCUT2D eigenvalue weighted by Gasteiger charge is 2.27. The predicted molar refractivity (Wildman–Crippen MR) is 146 cm³/mol. The molecule has 2 amide bonds. The SMILES string of the molecule is CC.O=C(Nc1ccc2ccccc2c1)NC(CN1CCCC1)C(S)c1ccc2c(c1)OCCO2. The van der Waals surface area contributed by atoms with Crippen LogP contribution in [0.3, 0.4) is 0 Å². The third kappa shape index (κ3) is 6.41. The molecule has 2 unspecified atom stereocenters. The Balaban J connectivity index is 0.00000141. The lowest BCUT2D eigenvalue weighted by atomic mass is 10.0. The zero-order valence-electron chi connectivity index (χ0n) is 20.5. The zero-order valence-corrected chi connectivity index (χ0v) is 21.4. The number of amides is 2. The van der Waals surface area contributed by atoms with Crippen LogP contribution in [0.15, 0.2) is 60.7 Å².